The Bertz CT molecular complexity index is 1480. The molecule has 238 valence electrons. The number of allylic oxidation sites excluding steroid dienone is 2. The summed E-state index contributed by atoms with van der Waals surface area (Å²) >= 11 is 0. The van der Waals surface area contributed by atoms with E-state index in [9.17, 15) is 24.5 Å². The number of carbonyl (C=O) groups excluding carboxylic acids is 2. The number of carboxylic acid groups (broad SMARTS) is 1. The van der Waals surface area contributed by atoms with Gasteiger partial charge in [0, 0.05) is 13.0 Å². The van der Waals surface area contributed by atoms with Gasteiger partial charge in [-0.1, -0.05) is 55.3 Å². The highest BCUT2D eigenvalue weighted by atomic mass is 16.5. The number of aryl methyl sites for hydroxylation is 2. The Balaban J connectivity index is 1.38. The van der Waals surface area contributed by atoms with Gasteiger partial charge in [0.05, 0.1) is 17.9 Å². The number of fused-ring (bicyclic) bond motifs is 3. The number of likely N-dealkylation sites (tertiary alicyclic amines) is 1. The first kappa shape index (κ1) is 32.7. The third-order valence-electron chi connectivity index (χ3n) is 9.77. The van der Waals surface area contributed by atoms with Gasteiger partial charge in [0.1, 0.15) is 5.75 Å². The number of phenolic OH excluding ortho intramolecular Hbond substituents is 1. The van der Waals surface area contributed by atoms with Gasteiger partial charge in [0.25, 0.3) is 0 Å². The molecule has 0 aromatic heterocycles. The minimum absolute atomic E-state index is 0.0804. The lowest BCUT2D eigenvalue weighted by Gasteiger charge is -2.43. The quantitative estimate of drug-likeness (QED) is 0.0859. The van der Waals surface area contributed by atoms with E-state index in [-0.39, 0.29) is 36.6 Å². The molecule has 2 saturated heterocycles. The van der Waals surface area contributed by atoms with E-state index in [1.807, 2.05) is 44.2 Å². The maximum atomic E-state index is 13.8. The third-order valence-corrected chi connectivity index (χ3v) is 9.77. The molecule has 0 radical (unpaired) electrons. The van der Waals surface area contributed by atoms with Crippen molar-refractivity contribution in [2.45, 2.75) is 84.6 Å². The highest BCUT2D eigenvalue weighted by Gasteiger charge is 2.56. The predicted molar refractivity (Wildman–Crippen MR) is 174 cm³/mol. The van der Waals surface area contributed by atoms with Gasteiger partial charge < -0.3 is 19.9 Å². The van der Waals surface area contributed by atoms with E-state index in [1.165, 1.54) is 4.90 Å². The van der Waals surface area contributed by atoms with Crippen molar-refractivity contribution in [1.82, 2.24) is 4.90 Å². The second-order valence-electron chi connectivity index (χ2n) is 12.8. The molecule has 3 N–H and O–H groups in total. The first-order valence-corrected chi connectivity index (χ1v) is 16.3. The Kier molecular flexibility index (Phi) is 10.3. The minimum atomic E-state index is -1.03. The van der Waals surface area contributed by atoms with Crippen LogP contribution in [0.15, 0.2) is 53.6 Å². The topological polar surface area (TPSA) is 124 Å². The SMILES string of the molecule is CCC1=C2[C@@H](CC/C(=C/c3cc(C)c(O)c(C)c3)c3ccccc3)OB(O)C[C@@H]2[C@@H]2C(=O)N(CCCCCC(=O)O)C(=O)[C@@H]2C1. The van der Waals surface area contributed by atoms with Crippen molar-refractivity contribution in [1.29, 1.82) is 0 Å². The molecule has 3 aliphatic rings. The summed E-state index contributed by atoms with van der Waals surface area (Å²) < 4.78 is 6.21. The number of unbranched alkanes of at least 4 members (excludes halogenated alkanes) is 2. The fraction of sp³-hybridized carbons (Fsp3) is 0.472. The van der Waals surface area contributed by atoms with Gasteiger partial charge in [-0.3, -0.25) is 19.3 Å². The van der Waals surface area contributed by atoms with Crippen LogP contribution in [0.1, 0.15) is 80.5 Å². The van der Waals surface area contributed by atoms with Crippen LogP contribution < -0.4 is 0 Å². The lowest BCUT2D eigenvalue weighted by atomic mass is 9.58. The molecule has 0 spiro atoms. The highest BCUT2D eigenvalue weighted by Crippen LogP contribution is 2.51. The lowest BCUT2D eigenvalue weighted by molar-refractivity contribution is -0.141. The molecule has 4 atom stereocenters. The van der Waals surface area contributed by atoms with Gasteiger partial charge >= 0.3 is 13.1 Å². The normalized spacial score (nSPS) is 23.4. The van der Waals surface area contributed by atoms with E-state index in [0.717, 1.165) is 45.4 Å². The Morgan fingerprint density at radius 2 is 1.73 bits per heavy atom. The zero-order valence-corrected chi connectivity index (χ0v) is 26.5. The molecule has 8 nitrogen and oxygen atoms in total. The van der Waals surface area contributed by atoms with Crippen LogP contribution in [0.2, 0.25) is 6.32 Å². The van der Waals surface area contributed by atoms with E-state index < -0.39 is 24.9 Å². The summed E-state index contributed by atoms with van der Waals surface area (Å²) in [5, 5.41) is 30.1. The van der Waals surface area contributed by atoms with E-state index in [4.69, 9.17) is 9.76 Å². The Morgan fingerprint density at radius 3 is 2.40 bits per heavy atom. The number of phenols is 1. The molecule has 2 aliphatic heterocycles. The van der Waals surface area contributed by atoms with Crippen LogP contribution in [-0.4, -0.2) is 57.7 Å². The molecular weight excluding hydrogens is 569 g/mol. The van der Waals surface area contributed by atoms with E-state index >= 15 is 0 Å². The van der Waals surface area contributed by atoms with Crippen LogP contribution in [0.25, 0.3) is 11.6 Å². The molecule has 1 aliphatic carbocycles. The second kappa shape index (κ2) is 14.2. The van der Waals surface area contributed by atoms with Gasteiger partial charge in [0.15, 0.2) is 0 Å². The summed E-state index contributed by atoms with van der Waals surface area (Å²) in [6, 6.07) is 14.1. The first-order chi connectivity index (χ1) is 21.6. The van der Waals surface area contributed by atoms with Crippen molar-refractivity contribution in [3.63, 3.8) is 0 Å². The van der Waals surface area contributed by atoms with Crippen LogP contribution in [0.4, 0.5) is 0 Å². The molecule has 2 heterocycles. The van der Waals surface area contributed by atoms with Crippen molar-refractivity contribution >= 4 is 36.6 Å². The average molecular weight is 614 g/mol. The summed E-state index contributed by atoms with van der Waals surface area (Å²) in [6.45, 7) is 6.17. The zero-order chi connectivity index (χ0) is 32.2. The molecule has 0 saturated carbocycles. The Hall–Kier alpha value is -3.69. The number of carboxylic acids is 1. The van der Waals surface area contributed by atoms with Gasteiger partial charge in [0.2, 0.25) is 11.8 Å². The van der Waals surface area contributed by atoms with Crippen LogP contribution in [0.3, 0.4) is 0 Å². The van der Waals surface area contributed by atoms with E-state index in [0.29, 0.717) is 50.8 Å². The van der Waals surface area contributed by atoms with Gasteiger partial charge in [-0.05, 0) is 110 Å². The highest BCUT2D eigenvalue weighted by molar-refractivity contribution is 6.43. The fourth-order valence-corrected chi connectivity index (χ4v) is 7.62. The number of rotatable bonds is 12. The first-order valence-electron chi connectivity index (χ1n) is 16.3. The average Bonchev–Trinajstić information content (AvgIpc) is 3.25. The third kappa shape index (κ3) is 7.10. The molecular formula is C36H44BNO7. The number of amides is 2. The van der Waals surface area contributed by atoms with Crippen LogP contribution in [0.5, 0.6) is 5.75 Å². The number of hydrogen-bond acceptors (Lipinski definition) is 6. The number of benzene rings is 2. The molecule has 0 unspecified atom stereocenters. The number of aromatic hydroxyl groups is 1. The van der Waals surface area contributed by atoms with Crippen molar-refractivity contribution in [2.75, 3.05) is 6.54 Å². The van der Waals surface area contributed by atoms with Crippen molar-refractivity contribution in [3.05, 3.63) is 75.9 Å². The second-order valence-corrected chi connectivity index (χ2v) is 12.8. The number of aliphatic carboxylic acids is 1. The number of nitrogens with zero attached hydrogens (tertiary/aromatic N) is 1. The molecule has 2 amide bonds. The summed E-state index contributed by atoms with van der Waals surface area (Å²) in [5.41, 5.74) is 7.04. The number of carbonyl (C=O) groups is 3. The van der Waals surface area contributed by atoms with Crippen molar-refractivity contribution in [3.8, 4) is 5.75 Å². The summed E-state index contributed by atoms with van der Waals surface area (Å²) in [7, 11) is -1.03. The Labute approximate surface area is 265 Å². The maximum Gasteiger partial charge on any atom is 0.455 e. The van der Waals surface area contributed by atoms with E-state index in [1.54, 1.807) is 0 Å². The van der Waals surface area contributed by atoms with Crippen LogP contribution in [0, 0.1) is 31.6 Å². The Morgan fingerprint density at radius 1 is 1.02 bits per heavy atom. The fourth-order valence-electron chi connectivity index (χ4n) is 7.62. The standard InChI is InChI=1S/C36H44BNO7/c1-4-25-20-28-33(36(43)38(35(28)42)16-10-6-9-13-31(39)40)29-21-37(44)45-30(32(25)29)15-14-27(26-11-7-5-8-12-26)19-24-17-22(2)34(41)23(3)18-24/h5,7-8,11-12,17-19,28-30,33,41,44H,4,6,9-10,13-16,20-21H2,1-3H3,(H,39,40)/b27-19-/t28-,29+,30-,33-/m1/s1. The molecule has 0 bridgehead atoms. The van der Waals surface area contributed by atoms with Gasteiger partial charge in [-0.15, -0.1) is 0 Å². The minimum Gasteiger partial charge on any atom is -0.507 e. The van der Waals surface area contributed by atoms with E-state index in [2.05, 4.69) is 25.1 Å². The van der Waals surface area contributed by atoms with Crippen molar-refractivity contribution < 1.29 is 34.3 Å². The summed E-state index contributed by atoms with van der Waals surface area (Å²) in [5.74, 6) is -2.04. The summed E-state index contributed by atoms with van der Waals surface area (Å²) in [4.78, 5) is 39.5. The number of imide groups is 1. The zero-order valence-electron chi connectivity index (χ0n) is 26.5. The number of hydrogen-bond donors (Lipinski definition) is 3. The van der Waals surface area contributed by atoms with Gasteiger partial charge in [-0.2, -0.15) is 0 Å². The van der Waals surface area contributed by atoms with Gasteiger partial charge in [-0.25, -0.2) is 0 Å². The molecule has 45 heavy (non-hydrogen) atoms. The summed E-state index contributed by atoms with van der Waals surface area (Å²) in [6.07, 6.45) is 6.41. The molecule has 2 aromatic rings. The predicted octanol–water partition coefficient (Wildman–Crippen LogP) is 6.18. The molecule has 2 fully saturated rings. The molecule has 5 rings (SSSR count). The molecule has 2 aromatic carbocycles. The molecule has 9 heteroatoms. The van der Waals surface area contributed by atoms with Crippen LogP contribution >= 0.6 is 0 Å². The lowest BCUT2D eigenvalue weighted by Crippen LogP contribution is -2.46. The van der Waals surface area contributed by atoms with Crippen molar-refractivity contribution in [2.24, 2.45) is 17.8 Å². The largest absolute Gasteiger partial charge is 0.507 e. The smallest absolute Gasteiger partial charge is 0.455 e. The monoisotopic (exact) mass is 613 g/mol. The van der Waals surface area contributed by atoms with Crippen LogP contribution in [-0.2, 0) is 19.0 Å². The maximum absolute atomic E-state index is 13.8.